The smallest absolute Gasteiger partial charge is 0.408 e. The van der Waals surface area contributed by atoms with Gasteiger partial charge in [0.05, 0.1) is 5.52 Å². The lowest BCUT2D eigenvalue weighted by Crippen LogP contribution is -2.32. The van der Waals surface area contributed by atoms with E-state index in [1.54, 1.807) is 48.5 Å². The first kappa shape index (κ1) is 18.0. The normalized spacial score (nSPS) is 14.3. The van der Waals surface area contributed by atoms with Crippen LogP contribution in [0.25, 0.3) is 11.1 Å². The van der Waals surface area contributed by atoms with Crippen molar-refractivity contribution >= 4 is 28.6 Å². The van der Waals surface area contributed by atoms with Crippen LogP contribution in [0.15, 0.2) is 57.7 Å². The molecule has 0 saturated heterocycles. The van der Waals surface area contributed by atoms with Crippen molar-refractivity contribution in [3.05, 3.63) is 64.6 Å². The highest BCUT2D eigenvalue weighted by Gasteiger charge is 2.18. The summed E-state index contributed by atoms with van der Waals surface area (Å²) in [7, 11) is 0. The summed E-state index contributed by atoms with van der Waals surface area (Å²) < 4.78 is 6.42. The monoisotopic (exact) mass is 379 g/mol. The SMILES string of the molecule is O=C(Cn1c(=O)oc2ccccc21)Nc1ccc(C(=O)NC2CCCC2)cc1. The summed E-state index contributed by atoms with van der Waals surface area (Å²) in [4.78, 5) is 36.6. The Balaban J connectivity index is 1.39. The number of anilines is 1. The van der Waals surface area contributed by atoms with Gasteiger partial charge in [-0.3, -0.25) is 14.2 Å². The molecule has 1 aliphatic rings. The molecule has 2 amide bonds. The highest BCUT2D eigenvalue weighted by molar-refractivity contribution is 5.96. The molecule has 0 bridgehead atoms. The maximum atomic E-state index is 12.3. The zero-order valence-corrected chi connectivity index (χ0v) is 15.3. The molecular formula is C21H21N3O4. The zero-order chi connectivity index (χ0) is 19.5. The molecule has 1 heterocycles. The van der Waals surface area contributed by atoms with Gasteiger partial charge >= 0.3 is 5.76 Å². The predicted molar refractivity (Wildman–Crippen MR) is 105 cm³/mol. The summed E-state index contributed by atoms with van der Waals surface area (Å²) in [6.45, 7) is -0.153. The highest BCUT2D eigenvalue weighted by Crippen LogP contribution is 2.18. The molecule has 0 radical (unpaired) electrons. The Morgan fingerprint density at radius 3 is 2.50 bits per heavy atom. The second-order valence-electron chi connectivity index (χ2n) is 7.00. The first-order valence-electron chi connectivity index (χ1n) is 9.39. The number of rotatable bonds is 5. The van der Waals surface area contributed by atoms with E-state index in [0.717, 1.165) is 25.7 Å². The highest BCUT2D eigenvalue weighted by atomic mass is 16.4. The Morgan fingerprint density at radius 1 is 1.04 bits per heavy atom. The molecule has 3 aromatic rings. The van der Waals surface area contributed by atoms with E-state index in [0.29, 0.717) is 22.4 Å². The van der Waals surface area contributed by atoms with Crippen molar-refractivity contribution in [1.82, 2.24) is 9.88 Å². The number of carbonyl (C=O) groups excluding carboxylic acids is 2. The topological polar surface area (TPSA) is 93.3 Å². The predicted octanol–water partition coefficient (Wildman–Crippen LogP) is 2.91. The molecule has 144 valence electrons. The van der Waals surface area contributed by atoms with Crippen LogP contribution in [0.5, 0.6) is 0 Å². The number of hydrogen-bond donors (Lipinski definition) is 2. The third-order valence-corrected chi connectivity index (χ3v) is 5.00. The fraction of sp³-hybridized carbons (Fsp3) is 0.286. The summed E-state index contributed by atoms with van der Waals surface area (Å²) >= 11 is 0. The standard InChI is InChI=1S/C21H21N3O4/c25-19(13-24-17-7-3-4-8-18(17)28-21(24)27)22-16-11-9-14(10-12-16)20(26)23-15-5-1-2-6-15/h3-4,7-12,15H,1-2,5-6,13H2,(H,22,25)(H,23,26). The molecule has 0 atom stereocenters. The van der Waals surface area contributed by atoms with Crippen LogP contribution < -0.4 is 16.4 Å². The number of aromatic nitrogens is 1. The lowest BCUT2D eigenvalue weighted by atomic mass is 10.1. The molecule has 1 fully saturated rings. The summed E-state index contributed by atoms with van der Waals surface area (Å²) in [5.41, 5.74) is 2.13. The molecular weight excluding hydrogens is 358 g/mol. The van der Waals surface area contributed by atoms with Crippen molar-refractivity contribution in [3.8, 4) is 0 Å². The molecule has 4 rings (SSSR count). The van der Waals surface area contributed by atoms with Crippen LogP contribution in [0.1, 0.15) is 36.0 Å². The van der Waals surface area contributed by atoms with Crippen LogP contribution in [-0.4, -0.2) is 22.4 Å². The number of carbonyl (C=O) groups is 2. The van der Waals surface area contributed by atoms with Gasteiger partial charge in [0, 0.05) is 17.3 Å². The number of oxazole rings is 1. The van der Waals surface area contributed by atoms with Gasteiger partial charge in [-0.15, -0.1) is 0 Å². The summed E-state index contributed by atoms with van der Waals surface area (Å²) in [5.74, 6) is -1.02. The summed E-state index contributed by atoms with van der Waals surface area (Å²) in [6, 6.07) is 13.9. The first-order valence-corrected chi connectivity index (χ1v) is 9.39. The van der Waals surface area contributed by atoms with Crippen molar-refractivity contribution in [3.63, 3.8) is 0 Å². The average Bonchev–Trinajstić information content (AvgIpc) is 3.30. The lowest BCUT2D eigenvalue weighted by molar-refractivity contribution is -0.116. The van der Waals surface area contributed by atoms with Crippen LogP contribution >= 0.6 is 0 Å². The molecule has 0 unspecified atom stereocenters. The van der Waals surface area contributed by atoms with E-state index in [1.165, 1.54) is 4.57 Å². The van der Waals surface area contributed by atoms with Crippen LogP contribution in [0.4, 0.5) is 5.69 Å². The lowest BCUT2D eigenvalue weighted by Gasteiger charge is -2.12. The van der Waals surface area contributed by atoms with Gasteiger partial charge in [0.2, 0.25) is 5.91 Å². The maximum Gasteiger partial charge on any atom is 0.420 e. The number of benzene rings is 2. The quantitative estimate of drug-likeness (QED) is 0.713. The largest absolute Gasteiger partial charge is 0.420 e. The van der Waals surface area contributed by atoms with Crippen LogP contribution in [0, 0.1) is 0 Å². The third-order valence-electron chi connectivity index (χ3n) is 5.00. The average molecular weight is 379 g/mol. The minimum atomic E-state index is -0.574. The maximum absolute atomic E-state index is 12.3. The fourth-order valence-electron chi connectivity index (χ4n) is 3.55. The Kier molecular flexibility index (Phi) is 4.97. The molecule has 7 heteroatoms. The molecule has 28 heavy (non-hydrogen) atoms. The molecule has 1 aliphatic carbocycles. The van der Waals surface area contributed by atoms with Gasteiger partial charge in [-0.25, -0.2) is 4.79 Å². The number of amides is 2. The molecule has 0 spiro atoms. The van der Waals surface area contributed by atoms with E-state index in [4.69, 9.17) is 4.42 Å². The number of nitrogens with one attached hydrogen (secondary N) is 2. The minimum absolute atomic E-state index is 0.0961. The Bertz CT molecular complexity index is 1060. The number of fused-ring (bicyclic) bond motifs is 1. The van der Waals surface area contributed by atoms with Crippen LogP contribution in [-0.2, 0) is 11.3 Å². The second-order valence-corrected chi connectivity index (χ2v) is 7.00. The zero-order valence-electron chi connectivity index (χ0n) is 15.3. The molecule has 0 aliphatic heterocycles. The minimum Gasteiger partial charge on any atom is -0.408 e. The van der Waals surface area contributed by atoms with E-state index in [-0.39, 0.29) is 24.4 Å². The van der Waals surface area contributed by atoms with Gasteiger partial charge < -0.3 is 15.1 Å². The van der Waals surface area contributed by atoms with E-state index in [9.17, 15) is 14.4 Å². The van der Waals surface area contributed by atoms with Gasteiger partial charge in [0.15, 0.2) is 5.58 Å². The van der Waals surface area contributed by atoms with Crippen LogP contribution in [0.2, 0.25) is 0 Å². The molecule has 1 aromatic heterocycles. The van der Waals surface area contributed by atoms with Gasteiger partial charge in [0.25, 0.3) is 5.91 Å². The Hall–Kier alpha value is -3.35. The van der Waals surface area contributed by atoms with Crippen molar-refractivity contribution in [2.45, 2.75) is 38.3 Å². The van der Waals surface area contributed by atoms with Gasteiger partial charge in [0.1, 0.15) is 6.54 Å². The van der Waals surface area contributed by atoms with Gasteiger partial charge in [-0.1, -0.05) is 25.0 Å². The van der Waals surface area contributed by atoms with E-state index >= 15 is 0 Å². The molecule has 2 N–H and O–H groups in total. The molecule has 1 saturated carbocycles. The molecule has 2 aromatic carbocycles. The fourth-order valence-corrected chi connectivity index (χ4v) is 3.55. The van der Waals surface area contributed by atoms with Gasteiger partial charge in [-0.05, 0) is 49.2 Å². The Labute approximate surface area is 161 Å². The number of nitrogens with zero attached hydrogens (tertiary/aromatic N) is 1. The van der Waals surface area contributed by atoms with E-state index < -0.39 is 5.76 Å². The Morgan fingerprint density at radius 2 is 1.75 bits per heavy atom. The van der Waals surface area contributed by atoms with Crippen molar-refractivity contribution < 1.29 is 14.0 Å². The van der Waals surface area contributed by atoms with Crippen molar-refractivity contribution in [1.29, 1.82) is 0 Å². The number of para-hydroxylation sites is 2. The van der Waals surface area contributed by atoms with Crippen molar-refractivity contribution in [2.75, 3.05) is 5.32 Å². The van der Waals surface area contributed by atoms with Crippen molar-refractivity contribution in [2.24, 2.45) is 0 Å². The first-order chi connectivity index (χ1) is 13.6. The van der Waals surface area contributed by atoms with Crippen LogP contribution in [0.3, 0.4) is 0 Å². The summed E-state index contributed by atoms with van der Waals surface area (Å²) in [5, 5.41) is 5.77. The second kappa shape index (κ2) is 7.72. The molecule has 7 nitrogen and oxygen atoms in total. The van der Waals surface area contributed by atoms with E-state index in [1.807, 2.05) is 0 Å². The number of hydrogen-bond acceptors (Lipinski definition) is 4. The summed E-state index contributed by atoms with van der Waals surface area (Å²) in [6.07, 6.45) is 4.37. The van der Waals surface area contributed by atoms with Gasteiger partial charge in [-0.2, -0.15) is 0 Å². The van der Waals surface area contributed by atoms with E-state index in [2.05, 4.69) is 10.6 Å². The third kappa shape index (κ3) is 3.83.